The molecule has 0 heterocycles. The number of guanidine groups is 1. The molecule has 1 rings (SSSR count). The Morgan fingerprint density at radius 1 is 1.26 bits per heavy atom. The smallest absolute Gasteiger partial charge is 0.475 e. The van der Waals surface area contributed by atoms with Crippen molar-refractivity contribution in [1.29, 1.82) is 0 Å². The molecule has 0 radical (unpaired) electrons. The lowest BCUT2D eigenvalue weighted by atomic mass is 10.2. The second-order valence-electron chi connectivity index (χ2n) is 4.72. The molecule has 9 nitrogen and oxygen atoms in total. The molecule has 1 aromatic carbocycles. The van der Waals surface area contributed by atoms with Gasteiger partial charge in [0.05, 0.1) is 0 Å². The van der Waals surface area contributed by atoms with Gasteiger partial charge in [-0.1, -0.05) is 0 Å². The van der Waals surface area contributed by atoms with Gasteiger partial charge in [-0.3, -0.25) is 10.1 Å². The molecule has 1 aromatic rings. The van der Waals surface area contributed by atoms with Crippen LogP contribution in [0.2, 0.25) is 0 Å². The first kappa shape index (κ1) is 23.6. The number of anilines is 1. The molecule has 0 aliphatic heterocycles. The third-order valence-corrected chi connectivity index (χ3v) is 2.57. The number of nitrogens with two attached hydrogens (primary N) is 1. The molecule has 3 amide bonds. The van der Waals surface area contributed by atoms with E-state index in [2.05, 4.69) is 20.9 Å². The van der Waals surface area contributed by atoms with E-state index in [0.29, 0.717) is 11.3 Å². The number of nitrogens with one attached hydrogen (secondary N) is 3. The number of hydrogen-bond acceptors (Lipinski definition) is 4. The van der Waals surface area contributed by atoms with Crippen molar-refractivity contribution in [2.45, 2.75) is 13.1 Å². The van der Waals surface area contributed by atoms with E-state index in [0.717, 1.165) is 0 Å². The zero-order valence-corrected chi connectivity index (χ0v) is 14.1. The van der Waals surface area contributed by atoms with Crippen molar-refractivity contribution in [3.05, 3.63) is 29.6 Å². The van der Waals surface area contributed by atoms with Crippen molar-refractivity contribution in [2.75, 3.05) is 18.9 Å². The highest BCUT2D eigenvalue weighted by molar-refractivity contribution is 5.98. The fraction of sp³-hybridized carbons (Fsp3) is 0.286. The number of alkyl halides is 3. The molecule has 27 heavy (non-hydrogen) atoms. The van der Waals surface area contributed by atoms with E-state index in [1.165, 1.54) is 25.2 Å². The maximum Gasteiger partial charge on any atom is 0.490 e. The summed E-state index contributed by atoms with van der Waals surface area (Å²) in [5.41, 5.74) is 6.48. The number of aryl methyl sites for hydroxylation is 1. The Labute approximate surface area is 150 Å². The molecule has 0 saturated carbocycles. The number of benzene rings is 1. The molecule has 0 saturated heterocycles. The molecule has 0 atom stereocenters. The van der Waals surface area contributed by atoms with Gasteiger partial charge in [0.2, 0.25) is 5.91 Å². The van der Waals surface area contributed by atoms with E-state index in [4.69, 9.17) is 15.6 Å². The molecule has 6 N–H and O–H groups in total. The second-order valence-corrected chi connectivity index (χ2v) is 4.72. The minimum Gasteiger partial charge on any atom is -0.475 e. The monoisotopic (exact) mass is 395 g/mol. The van der Waals surface area contributed by atoms with E-state index in [1.54, 1.807) is 6.92 Å². The predicted molar refractivity (Wildman–Crippen MR) is 87.5 cm³/mol. The minimum atomic E-state index is -5.08. The lowest BCUT2D eigenvalue weighted by Crippen LogP contribution is -2.42. The van der Waals surface area contributed by atoms with Gasteiger partial charge < -0.3 is 21.5 Å². The number of aliphatic imine (C=N–C) groups is 1. The maximum atomic E-state index is 12.9. The second kappa shape index (κ2) is 10.6. The van der Waals surface area contributed by atoms with E-state index in [9.17, 15) is 27.2 Å². The van der Waals surface area contributed by atoms with Crippen molar-refractivity contribution < 1.29 is 37.1 Å². The van der Waals surface area contributed by atoms with Gasteiger partial charge >= 0.3 is 18.2 Å². The fourth-order valence-electron chi connectivity index (χ4n) is 1.33. The lowest BCUT2D eigenvalue weighted by molar-refractivity contribution is -0.192. The summed E-state index contributed by atoms with van der Waals surface area (Å²) < 4.78 is 44.6. The highest BCUT2D eigenvalue weighted by atomic mass is 19.4. The van der Waals surface area contributed by atoms with Gasteiger partial charge in [-0.15, -0.1) is 0 Å². The average Bonchev–Trinajstić information content (AvgIpc) is 2.55. The summed E-state index contributed by atoms with van der Waals surface area (Å²) in [6, 6.07) is 3.48. The topological polar surface area (TPSA) is 146 Å². The number of carboxylic acids is 1. The van der Waals surface area contributed by atoms with Gasteiger partial charge in [0.25, 0.3) is 0 Å². The Morgan fingerprint density at radius 3 is 2.26 bits per heavy atom. The SMILES string of the molecule is CNC(=O)NC(N)=NCC(=O)Nc1ccc(F)cc1C.O=C(O)C(F)(F)F. The number of rotatable bonds is 3. The zero-order valence-electron chi connectivity index (χ0n) is 14.1. The van der Waals surface area contributed by atoms with Crippen molar-refractivity contribution in [1.82, 2.24) is 10.6 Å². The number of amides is 3. The summed E-state index contributed by atoms with van der Waals surface area (Å²) in [5.74, 6) is -3.73. The summed E-state index contributed by atoms with van der Waals surface area (Å²) in [4.78, 5) is 35.1. The predicted octanol–water partition coefficient (Wildman–Crippen LogP) is 0.950. The van der Waals surface area contributed by atoms with Gasteiger partial charge in [-0.25, -0.2) is 19.0 Å². The van der Waals surface area contributed by atoms with Crippen LogP contribution in [-0.4, -0.2) is 48.7 Å². The van der Waals surface area contributed by atoms with Crippen molar-refractivity contribution in [2.24, 2.45) is 10.7 Å². The molecular formula is C14H17F4N5O4. The largest absolute Gasteiger partial charge is 0.490 e. The fourth-order valence-corrected chi connectivity index (χ4v) is 1.33. The quantitative estimate of drug-likeness (QED) is 0.294. The number of carbonyl (C=O) groups excluding carboxylic acids is 2. The molecule has 0 aromatic heterocycles. The van der Waals surface area contributed by atoms with Crippen LogP contribution in [0.4, 0.5) is 28.0 Å². The Morgan fingerprint density at radius 2 is 1.81 bits per heavy atom. The normalized spacial score (nSPS) is 11.0. The molecule has 0 aliphatic carbocycles. The zero-order chi connectivity index (χ0) is 21.2. The summed E-state index contributed by atoms with van der Waals surface area (Å²) in [6.45, 7) is 1.41. The van der Waals surface area contributed by atoms with Gasteiger partial charge in [0.1, 0.15) is 12.4 Å². The molecule has 0 unspecified atom stereocenters. The van der Waals surface area contributed by atoms with E-state index >= 15 is 0 Å². The van der Waals surface area contributed by atoms with Gasteiger partial charge in [-0.05, 0) is 30.7 Å². The van der Waals surface area contributed by atoms with E-state index < -0.39 is 24.1 Å². The summed E-state index contributed by atoms with van der Waals surface area (Å²) in [5, 5.41) is 14.2. The van der Waals surface area contributed by atoms with Crippen LogP contribution in [0.25, 0.3) is 0 Å². The molecular weight excluding hydrogens is 378 g/mol. The van der Waals surface area contributed by atoms with Crippen LogP contribution >= 0.6 is 0 Å². The van der Waals surface area contributed by atoms with Crippen LogP contribution in [-0.2, 0) is 9.59 Å². The van der Waals surface area contributed by atoms with Gasteiger partial charge in [-0.2, -0.15) is 13.2 Å². The summed E-state index contributed by atoms with van der Waals surface area (Å²) >= 11 is 0. The Balaban J connectivity index is 0.000000821. The molecule has 150 valence electrons. The lowest BCUT2D eigenvalue weighted by Gasteiger charge is -2.07. The average molecular weight is 395 g/mol. The Hall–Kier alpha value is -3.38. The number of aliphatic carboxylic acids is 1. The molecule has 0 bridgehead atoms. The van der Waals surface area contributed by atoms with Crippen LogP contribution < -0.4 is 21.7 Å². The highest BCUT2D eigenvalue weighted by Crippen LogP contribution is 2.15. The summed E-state index contributed by atoms with van der Waals surface area (Å²) in [6.07, 6.45) is -5.08. The number of halogens is 4. The van der Waals surface area contributed by atoms with E-state index in [-0.39, 0.29) is 18.3 Å². The van der Waals surface area contributed by atoms with Crippen LogP contribution in [0.1, 0.15) is 5.56 Å². The first-order chi connectivity index (χ1) is 12.4. The number of hydrogen-bond donors (Lipinski definition) is 5. The molecule has 0 aliphatic rings. The van der Waals surface area contributed by atoms with Crippen LogP contribution in [0.5, 0.6) is 0 Å². The van der Waals surface area contributed by atoms with Crippen LogP contribution in [0.3, 0.4) is 0 Å². The maximum absolute atomic E-state index is 12.9. The van der Waals surface area contributed by atoms with Crippen molar-refractivity contribution in [3.63, 3.8) is 0 Å². The third-order valence-electron chi connectivity index (χ3n) is 2.57. The highest BCUT2D eigenvalue weighted by Gasteiger charge is 2.38. The first-order valence-corrected chi connectivity index (χ1v) is 7.01. The minimum absolute atomic E-state index is 0.171. The molecule has 0 fully saturated rings. The Kier molecular flexibility index (Phi) is 9.25. The van der Waals surface area contributed by atoms with Gasteiger partial charge in [0, 0.05) is 12.7 Å². The third kappa shape index (κ3) is 10.3. The number of carbonyl (C=O) groups is 3. The Bertz CT molecular complexity index is 722. The van der Waals surface area contributed by atoms with E-state index in [1.807, 2.05) is 0 Å². The van der Waals surface area contributed by atoms with Crippen LogP contribution in [0.15, 0.2) is 23.2 Å². The van der Waals surface area contributed by atoms with Crippen LogP contribution in [0, 0.1) is 12.7 Å². The standard InChI is InChI=1S/C12H16FN5O2.C2HF3O2/c1-7-5-8(13)3-4-9(7)17-10(19)6-16-11(14)18-12(20)15-2;3-2(4,5)1(6)7/h3-5H,6H2,1-2H3,(H,17,19)(H4,14,15,16,18,20);(H,6,7). The molecule has 13 heteroatoms. The van der Waals surface area contributed by atoms with Crippen molar-refractivity contribution >= 4 is 29.6 Å². The first-order valence-electron chi connectivity index (χ1n) is 7.01. The van der Waals surface area contributed by atoms with Crippen molar-refractivity contribution in [3.8, 4) is 0 Å². The summed E-state index contributed by atoms with van der Waals surface area (Å²) in [7, 11) is 1.42. The number of nitrogens with zero attached hydrogens (tertiary/aromatic N) is 1. The van der Waals surface area contributed by atoms with Gasteiger partial charge in [0.15, 0.2) is 5.96 Å². The molecule has 0 spiro atoms. The number of carboxylic acid groups (broad SMARTS) is 1. The number of urea groups is 1.